The number of halogens is 1. The second kappa shape index (κ2) is 6.81. The standard InChI is InChI=1S/C13H15BrN4OS/c1-3-9-6-16-11(20-9)7-18-13(19)10-4-8(14)5-17-12(10)15-2/h4-6H,3,7H2,1-2H3,(H,15,17)(H,18,19). The van der Waals surface area contributed by atoms with Crippen molar-refractivity contribution < 1.29 is 4.79 Å². The van der Waals surface area contributed by atoms with Gasteiger partial charge in [0.2, 0.25) is 0 Å². The van der Waals surface area contributed by atoms with E-state index in [4.69, 9.17) is 0 Å². The fraction of sp³-hybridized carbons (Fsp3) is 0.308. The van der Waals surface area contributed by atoms with Crippen molar-refractivity contribution in [2.24, 2.45) is 0 Å². The van der Waals surface area contributed by atoms with Gasteiger partial charge in [0.25, 0.3) is 5.91 Å². The molecule has 2 aromatic rings. The first-order valence-electron chi connectivity index (χ1n) is 6.19. The first kappa shape index (κ1) is 14.9. The van der Waals surface area contributed by atoms with Crippen LogP contribution in [0.3, 0.4) is 0 Å². The van der Waals surface area contributed by atoms with E-state index in [1.54, 1.807) is 30.6 Å². The Morgan fingerprint density at radius 3 is 2.85 bits per heavy atom. The molecule has 0 fully saturated rings. The van der Waals surface area contributed by atoms with Crippen LogP contribution in [-0.4, -0.2) is 22.9 Å². The number of aromatic nitrogens is 2. The molecule has 1 amide bonds. The van der Waals surface area contributed by atoms with Gasteiger partial charge in [-0.25, -0.2) is 9.97 Å². The quantitative estimate of drug-likeness (QED) is 0.866. The van der Waals surface area contributed by atoms with Crippen LogP contribution >= 0.6 is 27.3 Å². The Bertz CT molecular complexity index is 614. The maximum atomic E-state index is 12.2. The lowest BCUT2D eigenvalue weighted by Crippen LogP contribution is -2.24. The molecule has 2 N–H and O–H groups in total. The van der Waals surface area contributed by atoms with Crippen LogP contribution in [0.15, 0.2) is 22.9 Å². The van der Waals surface area contributed by atoms with Gasteiger partial charge < -0.3 is 10.6 Å². The van der Waals surface area contributed by atoms with Crippen molar-refractivity contribution >= 4 is 39.0 Å². The molecule has 2 rings (SSSR count). The number of aryl methyl sites for hydroxylation is 1. The summed E-state index contributed by atoms with van der Waals surface area (Å²) in [5.41, 5.74) is 0.508. The summed E-state index contributed by atoms with van der Waals surface area (Å²) >= 11 is 4.94. The largest absolute Gasteiger partial charge is 0.372 e. The molecule has 0 aliphatic rings. The van der Waals surface area contributed by atoms with Gasteiger partial charge in [0, 0.05) is 28.8 Å². The number of thiazole rings is 1. The number of amides is 1. The van der Waals surface area contributed by atoms with Gasteiger partial charge in [-0.15, -0.1) is 11.3 Å². The zero-order chi connectivity index (χ0) is 14.5. The average molecular weight is 355 g/mol. The highest BCUT2D eigenvalue weighted by molar-refractivity contribution is 9.10. The Kier molecular flexibility index (Phi) is 5.08. The molecule has 0 saturated heterocycles. The molecule has 2 heterocycles. The summed E-state index contributed by atoms with van der Waals surface area (Å²) in [7, 11) is 1.74. The maximum Gasteiger partial charge on any atom is 0.255 e. The van der Waals surface area contributed by atoms with Crippen molar-refractivity contribution in [3.05, 3.63) is 38.4 Å². The van der Waals surface area contributed by atoms with E-state index in [-0.39, 0.29) is 5.91 Å². The molecule has 0 spiro atoms. The smallest absolute Gasteiger partial charge is 0.255 e. The van der Waals surface area contributed by atoms with Crippen LogP contribution in [0.1, 0.15) is 27.2 Å². The van der Waals surface area contributed by atoms with Crippen LogP contribution in [0.5, 0.6) is 0 Å². The molecule has 7 heteroatoms. The maximum absolute atomic E-state index is 12.2. The molecule has 5 nitrogen and oxygen atoms in total. The van der Waals surface area contributed by atoms with Gasteiger partial charge >= 0.3 is 0 Å². The van der Waals surface area contributed by atoms with Crippen molar-refractivity contribution in [3.8, 4) is 0 Å². The van der Waals surface area contributed by atoms with E-state index in [9.17, 15) is 4.79 Å². The fourth-order valence-electron chi connectivity index (χ4n) is 1.66. The van der Waals surface area contributed by atoms with Crippen LogP contribution in [0.2, 0.25) is 0 Å². The zero-order valence-corrected chi connectivity index (χ0v) is 13.6. The summed E-state index contributed by atoms with van der Waals surface area (Å²) in [6, 6.07) is 1.74. The normalized spacial score (nSPS) is 10.3. The molecule has 0 aromatic carbocycles. The van der Waals surface area contributed by atoms with Gasteiger partial charge in [-0.2, -0.15) is 0 Å². The topological polar surface area (TPSA) is 66.9 Å². The monoisotopic (exact) mass is 354 g/mol. The first-order chi connectivity index (χ1) is 9.63. The molecular formula is C13H15BrN4OS. The summed E-state index contributed by atoms with van der Waals surface area (Å²) in [5.74, 6) is 0.385. The summed E-state index contributed by atoms with van der Waals surface area (Å²) in [4.78, 5) is 21.8. The van der Waals surface area contributed by atoms with Gasteiger partial charge in [0.05, 0.1) is 12.1 Å². The Labute approximate surface area is 130 Å². The van der Waals surface area contributed by atoms with Crippen LogP contribution < -0.4 is 10.6 Å². The summed E-state index contributed by atoms with van der Waals surface area (Å²) in [5, 5.41) is 6.68. The lowest BCUT2D eigenvalue weighted by atomic mass is 10.2. The Balaban J connectivity index is 2.06. The van der Waals surface area contributed by atoms with Crippen LogP contribution in [0, 0.1) is 0 Å². The molecule has 0 unspecified atom stereocenters. The van der Waals surface area contributed by atoms with Gasteiger partial charge in [0.15, 0.2) is 0 Å². The molecule has 0 bridgehead atoms. The minimum Gasteiger partial charge on any atom is -0.372 e. The zero-order valence-electron chi connectivity index (χ0n) is 11.2. The third kappa shape index (κ3) is 3.55. The van der Waals surface area contributed by atoms with E-state index < -0.39 is 0 Å². The SMILES string of the molecule is CCc1cnc(CNC(=O)c2cc(Br)cnc2NC)s1. The molecule has 106 valence electrons. The lowest BCUT2D eigenvalue weighted by Gasteiger charge is -2.08. The van der Waals surface area contributed by atoms with Crippen molar-refractivity contribution in [1.29, 1.82) is 0 Å². The van der Waals surface area contributed by atoms with Crippen molar-refractivity contribution in [1.82, 2.24) is 15.3 Å². The number of rotatable bonds is 5. The Morgan fingerprint density at radius 1 is 1.40 bits per heavy atom. The third-order valence-electron chi connectivity index (χ3n) is 2.69. The van der Waals surface area contributed by atoms with Gasteiger partial charge in [-0.1, -0.05) is 6.92 Å². The van der Waals surface area contributed by atoms with E-state index in [0.29, 0.717) is 17.9 Å². The molecule has 2 aromatic heterocycles. The lowest BCUT2D eigenvalue weighted by molar-refractivity contribution is 0.0951. The molecule has 0 aliphatic heterocycles. The predicted molar refractivity (Wildman–Crippen MR) is 84.1 cm³/mol. The average Bonchev–Trinajstić information content (AvgIpc) is 2.92. The highest BCUT2D eigenvalue weighted by Gasteiger charge is 2.13. The minimum absolute atomic E-state index is 0.170. The number of hydrogen-bond donors (Lipinski definition) is 2. The molecule has 0 aliphatic carbocycles. The molecular weight excluding hydrogens is 340 g/mol. The molecule has 20 heavy (non-hydrogen) atoms. The van der Waals surface area contributed by atoms with Gasteiger partial charge in [-0.05, 0) is 28.4 Å². The fourth-order valence-corrected chi connectivity index (χ4v) is 2.79. The van der Waals surface area contributed by atoms with Crippen molar-refractivity contribution in [3.63, 3.8) is 0 Å². The number of carbonyl (C=O) groups is 1. The second-order valence-electron chi connectivity index (χ2n) is 4.06. The van der Waals surface area contributed by atoms with Crippen LogP contribution in [-0.2, 0) is 13.0 Å². The summed E-state index contributed by atoms with van der Waals surface area (Å²) < 4.78 is 0.768. The van der Waals surface area contributed by atoms with Crippen molar-refractivity contribution in [2.45, 2.75) is 19.9 Å². The number of carbonyl (C=O) groups excluding carboxylic acids is 1. The van der Waals surface area contributed by atoms with Gasteiger partial charge in [-0.3, -0.25) is 4.79 Å². The molecule has 0 saturated carbocycles. The number of nitrogens with one attached hydrogen (secondary N) is 2. The van der Waals surface area contributed by atoms with E-state index >= 15 is 0 Å². The Hall–Kier alpha value is -1.47. The highest BCUT2D eigenvalue weighted by Crippen LogP contribution is 2.18. The number of hydrogen-bond acceptors (Lipinski definition) is 5. The first-order valence-corrected chi connectivity index (χ1v) is 7.80. The van der Waals surface area contributed by atoms with E-state index in [0.717, 1.165) is 15.9 Å². The number of pyridine rings is 1. The van der Waals surface area contributed by atoms with E-state index in [2.05, 4.69) is 43.5 Å². The molecule has 0 atom stereocenters. The van der Waals surface area contributed by atoms with Gasteiger partial charge in [0.1, 0.15) is 10.8 Å². The Morgan fingerprint density at radius 2 is 2.20 bits per heavy atom. The van der Waals surface area contributed by atoms with Crippen LogP contribution in [0.4, 0.5) is 5.82 Å². The van der Waals surface area contributed by atoms with E-state index in [1.807, 2.05) is 6.20 Å². The number of anilines is 1. The van der Waals surface area contributed by atoms with Crippen molar-refractivity contribution in [2.75, 3.05) is 12.4 Å². The predicted octanol–water partition coefficient (Wildman–Crippen LogP) is 2.83. The highest BCUT2D eigenvalue weighted by atomic mass is 79.9. The molecule has 0 radical (unpaired) electrons. The minimum atomic E-state index is -0.170. The number of nitrogens with zero attached hydrogens (tertiary/aromatic N) is 2. The summed E-state index contributed by atoms with van der Waals surface area (Å²) in [6.45, 7) is 2.52. The second-order valence-corrected chi connectivity index (χ2v) is 6.17. The van der Waals surface area contributed by atoms with E-state index in [1.165, 1.54) is 4.88 Å². The summed E-state index contributed by atoms with van der Waals surface area (Å²) in [6.07, 6.45) is 4.47. The third-order valence-corrected chi connectivity index (χ3v) is 4.26. The van der Waals surface area contributed by atoms with Crippen LogP contribution in [0.25, 0.3) is 0 Å².